The molecule has 0 saturated heterocycles. The molecule has 1 amide bonds. The highest BCUT2D eigenvalue weighted by atomic mass is 32.2. The van der Waals surface area contributed by atoms with Crippen molar-refractivity contribution in [3.63, 3.8) is 0 Å². The first kappa shape index (κ1) is 23.4. The van der Waals surface area contributed by atoms with Crippen molar-refractivity contribution in [1.82, 2.24) is 19.7 Å². The molecule has 33 heavy (non-hydrogen) atoms. The van der Waals surface area contributed by atoms with Crippen molar-refractivity contribution in [3.8, 4) is 17.5 Å². The summed E-state index contributed by atoms with van der Waals surface area (Å²) in [5.41, 5.74) is 2.65. The first-order valence-electron chi connectivity index (χ1n) is 11.0. The summed E-state index contributed by atoms with van der Waals surface area (Å²) in [6, 6.07) is 6.08. The van der Waals surface area contributed by atoms with E-state index in [0.717, 1.165) is 36.8 Å². The molecule has 3 aromatic heterocycles. The van der Waals surface area contributed by atoms with Crippen LogP contribution in [0.15, 0.2) is 29.7 Å². The molecule has 0 saturated carbocycles. The number of nitriles is 1. The standard InChI is InChI=1S/C23H26N6O2S2/c1-15(21(30)26-22-18(14-24)17-6-4-3-5-7-19(17)33-22)32-23-28-27-20(29(23)12-13-31-2)16-8-10-25-11-9-16/h8-11,15H,3-7,12-13H2,1-2H3,(H,26,30)/t15-/m0/s1. The number of hydrogen-bond donors (Lipinski definition) is 1. The van der Waals surface area contributed by atoms with E-state index in [9.17, 15) is 10.1 Å². The predicted octanol–water partition coefficient (Wildman–Crippen LogP) is 4.31. The van der Waals surface area contributed by atoms with E-state index in [1.807, 2.05) is 23.6 Å². The molecule has 3 aromatic rings. The van der Waals surface area contributed by atoms with E-state index in [-0.39, 0.29) is 5.91 Å². The molecule has 172 valence electrons. The fourth-order valence-electron chi connectivity index (χ4n) is 3.85. The minimum atomic E-state index is -0.422. The van der Waals surface area contributed by atoms with E-state index in [2.05, 4.69) is 26.6 Å². The zero-order chi connectivity index (χ0) is 23.2. The Bertz CT molecular complexity index is 1150. The number of thiophene rings is 1. The number of anilines is 1. The third kappa shape index (κ3) is 5.27. The molecule has 3 heterocycles. The second-order valence-electron chi connectivity index (χ2n) is 7.82. The van der Waals surface area contributed by atoms with Crippen molar-refractivity contribution in [2.45, 2.75) is 56.0 Å². The SMILES string of the molecule is COCCn1c(S[C@@H](C)C(=O)Nc2sc3c(c2C#N)CCCCC3)nnc1-c1ccncc1. The number of aromatic nitrogens is 4. The Kier molecular flexibility index (Phi) is 7.75. The molecule has 0 bridgehead atoms. The minimum absolute atomic E-state index is 0.153. The summed E-state index contributed by atoms with van der Waals surface area (Å²) in [7, 11) is 1.65. The fourth-order valence-corrected chi connectivity index (χ4v) is 5.97. The summed E-state index contributed by atoms with van der Waals surface area (Å²) in [6.45, 7) is 2.90. The third-order valence-electron chi connectivity index (χ3n) is 5.60. The van der Waals surface area contributed by atoms with Crippen molar-refractivity contribution in [2.24, 2.45) is 0 Å². The van der Waals surface area contributed by atoms with Gasteiger partial charge in [0.25, 0.3) is 0 Å². The molecule has 1 aliphatic rings. The van der Waals surface area contributed by atoms with Crippen molar-refractivity contribution in [3.05, 3.63) is 40.5 Å². The maximum absolute atomic E-state index is 13.0. The number of methoxy groups -OCH3 is 1. The van der Waals surface area contributed by atoms with E-state index in [1.165, 1.54) is 23.1 Å². The van der Waals surface area contributed by atoms with Crippen LogP contribution in [0.3, 0.4) is 0 Å². The maximum atomic E-state index is 13.0. The van der Waals surface area contributed by atoms with Crippen LogP contribution in [0.4, 0.5) is 5.00 Å². The Hall–Kier alpha value is -2.74. The second-order valence-corrected chi connectivity index (χ2v) is 10.2. The maximum Gasteiger partial charge on any atom is 0.238 e. The van der Waals surface area contributed by atoms with Gasteiger partial charge in [-0.25, -0.2) is 0 Å². The van der Waals surface area contributed by atoms with Gasteiger partial charge in [0.15, 0.2) is 11.0 Å². The highest BCUT2D eigenvalue weighted by Crippen LogP contribution is 2.37. The van der Waals surface area contributed by atoms with Gasteiger partial charge in [0.1, 0.15) is 11.1 Å². The van der Waals surface area contributed by atoms with Crippen LogP contribution in [0.5, 0.6) is 0 Å². The van der Waals surface area contributed by atoms with Gasteiger partial charge in [0, 0.05) is 29.9 Å². The molecule has 10 heteroatoms. The van der Waals surface area contributed by atoms with Crippen LogP contribution in [-0.4, -0.2) is 44.6 Å². The smallest absolute Gasteiger partial charge is 0.238 e. The van der Waals surface area contributed by atoms with Gasteiger partial charge in [-0.1, -0.05) is 18.2 Å². The van der Waals surface area contributed by atoms with Crippen LogP contribution in [0, 0.1) is 11.3 Å². The number of thioether (sulfide) groups is 1. The Balaban J connectivity index is 1.52. The fraction of sp³-hybridized carbons (Fsp3) is 0.435. The highest BCUT2D eigenvalue weighted by molar-refractivity contribution is 8.00. The number of nitrogens with zero attached hydrogens (tertiary/aromatic N) is 5. The number of aryl methyl sites for hydroxylation is 1. The number of nitrogens with one attached hydrogen (secondary N) is 1. The van der Waals surface area contributed by atoms with Gasteiger partial charge in [-0.2, -0.15) is 5.26 Å². The zero-order valence-corrected chi connectivity index (χ0v) is 20.3. The molecular formula is C23H26N6O2S2. The Morgan fingerprint density at radius 2 is 2.09 bits per heavy atom. The van der Waals surface area contributed by atoms with Crippen LogP contribution < -0.4 is 5.32 Å². The first-order chi connectivity index (χ1) is 16.1. The van der Waals surface area contributed by atoms with Crippen molar-refractivity contribution >= 4 is 34.0 Å². The molecule has 0 unspecified atom stereocenters. The molecular weight excluding hydrogens is 456 g/mol. The molecule has 0 aromatic carbocycles. The average molecular weight is 483 g/mol. The molecule has 8 nitrogen and oxygen atoms in total. The highest BCUT2D eigenvalue weighted by Gasteiger charge is 2.25. The van der Waals surface area contributed by atoms with E-state index >= 15 is 0 Å². The van der Waals surface area contributed by atoms with E-state index in [4.69, 9.17) is 4.74 Å². The number of ether oxygens (including phenoxy) is 1. The number of pyridine rings is 1. The van der Waals surface area contributed by atoms with E-state index in [1.54, 1.807) is 30.8 Å². The Morgan fingerprint density at radius 1 is 1.30 bits per heavy atom. The summed E-state index contributed by atoms with van der Waals surface area (Å²) in [5.74, 6) is 0.554. The summed E-state index contributed by atoms with van der Waals surface area (Å²) in [4.78, 5) is 18.3. The number of carbonyl (C=O) groups excluding carboxylic acids is 1. The van der Waals surface area contributed by atoms with Gasteiger partial charge in [0.2, 0.25) is 5.91 Å². The molecule has 4 rings (SSSR count). The second kappa shape index (κ2) is 10.9. The lowest BCUT2D eigenvalue weighted by Gasteiger charge is -2.13. The molecule has 0 radical (unpaired) electrons. The average Bonchev–Trinajstić information content (AvgIpc) is 3.29. The van der Waals surface area contributed by atoms with Crippen LogP contribution >= 0.6 is 23.1 Å². The summed E-state index contributed by atoms with van der Waals surface area (Å²) in [6.07, 6.45) is 8.73. The lowest BCUT2D eigenvalue weighted by atomic mass is 10.1. The predicted molar refractivity (Wildman–Crippen MR) is 129 cm³/mol. The van der Waals surface area contributed by atoms with Gasteiger partial charge < -0.3 is 10.1 Å². The van der Waals surface area contributed by atoms with Gasteiger partial charge in [-0.05, 0) is 50.3 Å². The Labute approximate surface area is 201 Å². The molecule has 1 atom stereocenters. The van der Waals surface area contributed by atoms with Crippen LogP contribution in [0.25, 0.3) is 11.4 Å². The lowest BCUT2D eigenvalue weighted by molar-refractivity contribution is -0.115. The summed E-state index contributed by atoms with van der Waals surface area (Å²) < 4.78 is 7.22. The number of carbonyl (C=O) groups is 1. The number of hydrogen-bond acceptors (Lipinski definition) is 8. The molecule has 0 aliphatic heterocycles. The number of amides is 1. The zero-order valence-electron chi connectivity index (χ0n) is 18.7. The van der Waals surface area contributed by atoms with Crippen LogP contribution in [-0.2, 0) is 28.9 Å². The van der Waals surface area contributed by atoms with Crippen molar-refractivity contribution in [1.29, 1.82) is 5.26 Å². The first-order valence-corrected chi connectivity index (χ1v) is 12.7. The molecule has 1 aliphatic carbocycles. The van der Waals surface area contributed by atoms with Crippen molar-refractivity contribution < 1.29 is 9.53 Å². The number of rotatable bonds is 8. The lowest BCUT2D eigenvalue weighted by Crippen LogP contribution is -2.23. The van der Waals surface area contributed by atoms with Gasteiger partial charge in [-0.15, -0.1) is 21.5 Å². The van der Waals surface area contributed by atoms with E-state index < -0.39 is 5.25 Å². The minimum Gasteiger partial charge on any atom is -0.383 e. The van der Waals surface area contributed by atoms with E-state index in [0.29, 0.717) is 34.7 Å². The normalized spacial score (nSPS) is 14.2. The van der Waals surface area contributed by atoms with Crippen LogP contribution in [0.1, 0.15) is 42.2 Å². The molecule has 0 spiro atoms. The third-order valence-corrected chi connectivity index (χ3v) is 7.88. The largest absolute Gasteiger partial charge is 0.383 e. The number of fused-ring (bicyclic) bond motifs is 1. The van der Waals surface area contributed by atoms with Gasteiger partial charge in [0.05, 0.1) is 24.0 Å². The summed E-state index contributed by atoms with van der Waals surface area (Å²) in [5, 5.41) is 22.3. The van der Waals surface area contributed by atoms with Crippen molar-refractivity contribution in [2.75, 3.05) is 19.0 Å². The molecule has 0 fully saturated rings. The molecule has 1 N–H and O–H groups in total. The van der Waals surface area contributed by atoms with Crippen LogP contribution in [0.2, 0.25) is 0 Å². The summed E-state index contributed by atoms with van der Waals surface area (Å²) >= 11 is 2.89. The quantitative estimate of drug-likeness (QED) is 0.377. The van der Waals surface area contributed by atoms with Gasteiger partial charge in [-0.3, -0.25) is 14.3 Å². The topological polar surface area (TPSA) is 106 Å². The van der Waals surface area contributed by atoms with Gasteiger partial charge >= 0.3 is 0 Å². The Morgan fingerprint density at radius 3 is 2.85 bits per heavy atom. The monoisotopic (exact) mass is 482 g/mol.